The minimum absolute atomic E-state index is 0.726. The van der Waals surface area contributed by atoms with Gasteiger partial charge in [0.25, 0.3) is 0 Å². The molecule has 360 valence electrons. The number of rotatable bonds is 8. The second kappa shape index (κ2) is 17.2. The van der Waals surface area contributed by atoms with Crippen molar-refractivity contribution >= 4 is 87.2 Å². The molecule has 0 saturated carbocycles. The van der Waals surface area contributed by atoms with Crippen LogP contribution in [-0.2, 0) is 6.54 Å². The summed E-state index contributed by atoms with van der Waals surface area (Å²) in [5, 5.41) is 10.0. The van der Waals surface area contributed by atoms with Crippen LogP contribution < -0.4 is 0 Å². The second-order valence-corrected chi connectivity index (χ2v) is 20.5. The molecule has 12 aromatic carbocycles. The Hall–Kier alpha value is -10.2. The fraction of sp³-hybridized carbons (Fsp3) is 0.0137. The molecule has 0 saturated heterocycles. The highest BCUT2D eigenvalue weighted by Gasteiger charge is 2.21. The molecule has 0 fully saturated rings. The Balaban J connectivity index is 0.813. The van der Waals surface area contributed by atoms with Crippen molar-refractivity contribution in [2.45, 2.75) is 6.54 Å². The zero-order valence-electron chi connectivity index (χ0n) is 42.1. The van der Waals surface area contributed by atoms with Crippen LogP contribution in [0.3, 0.4) is 0 Å². The monoisotopic (exact) mass is 980 g/mol. The number of hydrogen-bond acceptors (Lipinski definition) is 0. The number of hydrogen-bond donors (Lipinski definition) is 0. The van der Waals surface area contributed by atoms with E-state index in [4.69, 9.17) is 0 Å². The molecule has 0 spiro atoms. The van der Waals surface area contributed by atoms with E-state index in [0.717, 1.165) is 23.6 Å². The van der Waals surface area contributed by atoms with Gasteiger partial charge in [-0.25, -0.2) is 0 Å². The Morgan fingerprint density at radius 3 is 1.04 bits per heavy atom. The summed E-state index contributed by atoms with van der Waals surface area (Å²) >= 11 is 0. The normalized spacial score (nSPS) is 11.9. The standard InChI is InChI=1S/C73H48N4/c1-5-17-49(18-6-1)53-35-39-60-62-43-63-58-25-13-15-27-66(58)75(55-21-9-3-10-22-55)71(63)45-69(62)74(68(60)41-53)47-48-29-31-51(32-30-48)52-33-37-57(38-34-52)77-70-42-54(50-19-7-2-8-20-50)36-40-61(70)65-44-64-59-26-14-16-28-67(59)76(72(64)46-73(65)77)56-23-11-4-12-24-56/h1-46H,47H2. The van der Waals surface area contributed by atoms with Crippen molar-refractivity contribution in [1.82, 2.24) is 18.3 Å². The SMILES string of the molecule is c1ccc(-c2ccc3c4cc5c6ccccc6n(-c6ccccc6)c5cc4n(Cc4ccc(-c5ccc(-n6c7cc(-c8ccccc8)ccc7c7cc8c9ccccc9n(-c9ccccc9)c8cc76)cc5)cc4)c3c2)cc1. The molecule has 0 amide bonds. The maximum Gasteiger partial charge on any atom is 0.0562 e. The summed E-state index contributed by atoms with van der Waals surface area (Å²) in [5.74, 6) is 0. The lowest BCUT2D eigenvalue weighted by Crippen LogP contribution is -2.00. The van der Waals surface area contributed by atoms with Crippen LogP contribution in [0.25, 0.3) is 138 Å². The molecule has 4 heterocycles. The smallest absolute Gasteiger partial charge is 0.0562 e. The van der Waals surface area contributed by atoms with E-state index in [1.807, 2.05) is 0 Å². The minimum atomic E-state index is 0.726. The molecule has 4 nitrogen and oxygen atoms in total. The van der Waals surface area contributed by atoms with Crippen molar-refractivity contribution in [3.8, 4) is 50.4 Å². The highest BCUT2D eigenvalue weighted by Crippen LogP contribution is 2.43. The zero-order valence-corrected chi connectivity index (χ0v) is 42.1. The van der Waals surface area contributed by atoms with Crippen LogP contribution >= 0.6 is 0 Å². The summed E-state index contributed by atoms with van der Waals surface area (Å²) in [5.41, 5.74) is 21.5. The van der Waals surface area contributed by atoms with Crippen molar-refractivity contribution < 1.29 is 0 Å². The second-order valence-electron chi connectivity index (χ2n) is 20.5. The van der Waals surface area contributed by atoms with Gasteiger partial charge in [0, 0.05) is 66.7 Å². The Labute approximate surface area is 444 Å². The molecule has 16 aromatic rings. The average Bonchev–Trinajstić information content (AvgIpc) is 4.37. The van der Waals surface area contributed by atoms with Crippen LogP contribution in [0.2, 0.25) is 0 Å². The molecule has 0 aliphatic heterocycles. The maximum absolute atomic E-state index is 2.54. The summed E-state index contributed by atoms with van der Waals surface area (Å²) in [7, 11) is 0. The molecule has 0 unspecified atom stereocenters. The van der Waals surface area contributed by atoms with Crippen LogP contribution in [0.5, 0.6) is 0 Å². The number of nitrogens with zero attached hydrogens (tertiary/aromatic N) is 4. The summed E-state index contributed by atoms with van der Waals surface area (Å²) in [4.78, 5) is 0. The molecule has 4 aromatic heterocycles. The molecule has 0 radical (unpaired) electrons. The van der Waals surface area contributed by atoms with Gasteiger partial charge in [-0.3, -0.25) is 0 Å². The molecule has 0 aliphatic carbocycles. The topological polar surface area (TPSA) is 19.7 Å². The summed E-state index contributed by atoms with van der Waals surface area (Å²) in [6.45, 7) is 0.726. The van der Waals surface area contributed by atoms with Gasteiger partial charge in [-0.15, -0.1) is 0 Å². The maximum atomic E-state index is 2.54. The molecule has 0 aliphatic rings. The highest BCUT2D eigenvalue weighted by molar-refractivity contribution is 6.21. The van der Waals surface area contributed by atoms with E-state index in [0.29, 0.717) is 0 Å². The first kappa shape index (κ1) is 43.3. The fourth-order valence-electron chi connectivity index (χ4n) is 12.6. The van der Waals surface area contributed by atoms with E-state index >= 15 is 0 Å². The lowest BCUT2D eigenvalue weighted by molar-refractivity contribution is 0.869. The third-order valence-corrected chi connectivity index (χ3v) is 16.2. The highest BCUT2D eigenvalue weighted by atomic mass is 15.0. The molecule has 4 heteroatoms. The van der Waals surface area contributed by atoms with Gasteiger partial charge < -0.3 is 18.3 Å². The Bertz CT molecular complexity index is 4940. The lowest BCUT2D eigenvalue weighted by Gasteiger charge is -2.12. The predicted molar refractivity (Wildman–Crippen MR) is 324 cm³/mol. The van der Waals surface area contributed by atoms with Crippen LogP contribution in [-0.4, -0.2) is 18.3 Å². The first-order chi connectivity index (χ1) is 38.2. The number of benzene rings is 12. The van der Waals surface area contributed by atoms with Crippen molar-refractivity contribution in [2.75, 3.05) is 0 Å². The van der Waals surface area contributed by atoms with E-state index in [1.165, 1.54) is 126 Å². The van der Waals surface area contributed by atoms with Crippen LogP contribution in [0, 0.1) is 0 Å². The van der Waals surface area contributed by atoms with Gasteiger partial charge in [-0.05, 0) is 124 Å². The van der Waals surface area contributed by atoms with Gasteiger partial charge >= 0.3 is 0 Å². The van der Waals surface area contributed by atoms with Gasteiger partial charge in [-0.1, -0.05) is 194 Å². The first-order valence-electron chi connectivity index (χ1n) is 26.6. The van der Waals surface area contributed by atoms with E-state index in [-0.39, 0.29) is 0 Å². The lowest BCUT2D eigenvalue weighted by atomic mass is 10.0. The minimum Gasteiger partial charge on any atom is -0.336 e. The van der Waals surface area contributed by atoms with Crippen molar-refractivity contribution in [3.05, 3.63) is 285 Å². The van der Waals surface area contributed by atoms with E-state index < -0.39 is 0 Å². The van der Waals surface area contributed by atoms with Crippen molar-refractivity contribution in [3.63, 3.8) is 0 Å². The van der Waals surface area contributed by atoms with Crippen LogP contribution in [0.1, 0.15) is 5.56 Å². The molecule has 77 heavy (non-hydrogen) atoms. The quantitative estimate of drug-likeness (QED) is 0.145. The van der Waals surface area contributed by atoms with Crippen molar-refractivity contribution in [1.29, 1.82) is 0 Å². The molecule has 0 N–H and O–H groups in total. The van der Waals surface area contributed by atoms with Gasteiger partial charge in [0.15, 0.2) is 0 Å². The molecule has 16 rings (SSSR count). The van der Waals surface area contributed by atoms with Crippen LogP contribution in [0.15, 0.2) is 279 Å². The van der Waals surface area contributed by atoms with Gasteiger partial charge in [0.2, 0.25) is 0 Å². The van der Waals surface area contributed by atoms with Gasteiger partial charge in [0.1, 0.15) is 0 Å². The van der Waals surface area contributed by atoms with Gasteiger partial charge in [-0.2, -0.15) is 0 Å². The Morgan fingerprint density at radius 1 is 0.195 bits per heavy atom. The average molecular weight is 981 g/mol. The number of fused-ring (bicyclic) bond motifs is 12. The van der Waals surface area contributed by atoms with Gasteiger partial charge in [0.05, 0.1) is 44.1 Å². The molecular formula is C73H48N4. The third kappa shape index (κ3) is 6.86. The van der Waals surface area contributed by atoms with Crippen molar-refractivity contribution in [2.24, 2.45) is 0 Å². The van der Waals surface area contributed by atoms with Crippen LogP contribution in [0.4, 0.5) is 0 Å². The summed E-state index contributed by atoms with van der Waals surface area (Å²) < 4.78 is 9.85. The molecule has 0 bridgehead atoms. The zero-order chi connectivity index (χ0) is 50.6. The fourth-order valence-corrected chi connectivity index (χ4v) is 12.6. The summed E-state index contributed by atoms with van der Waals surface area (Å²) in [6, 6.07) is 103. The van der Waals surface area contributed by atoms with E-state index in [9.17, 15) is 0 Å². The third-order valence-electron chi connectivity index (χ3n) is 16.2. The Morgan fingerprint density at radius 2 is 0.519 bits per heavy atom. The number of para-hydroxylation sites is 4. The molecular weight excluding hydrogens is 933 g/mol. The molecule has 0 atom stereocenters. The predicted octanol–water partition coefficient (Wildman–Crippen LogP) is 19.1. The summed E-state index contributed by atoms with van der Waals surface area (Å²) in [6.07, 6.45) is 0. The van der Waals surface area contributed by atoms with E-state index in [1.54, 1.807) is 0 Å². The van der Waals surface area contributed by atoms with E-state index in [2.05, 4.69) is 297 Å². The first-order valence-corrected chi connectivity index (χ1v) is 26.6. The Kier molecular flexibility index (Phi) is 9.67. The number of aromatic nitrogens is 4. The largest absolute Gasteiger partial charge is 0.336 e.